The molecule has 1 rings (SSSR count). The Morgan fingerprint density at radius 1 is 1.50 bits per heavy atom. The Kier molecular flexibility index (Phi) is 2.12. The Hall–Kier alpha value is -0.760. The van der Waals surface area contributed by atoms with Crippen molar-refractivity contribution in [2.45, 2.75) is 11.8 Å². The highest BCUT2D eigenvalue weighted by molar-refractivity contribution is 7.80. The lowest BCUT2D eigenvalue weighted by atomic mass is 10.2. The van der Waals surface area contributed by atoms with Crippen LogP contribution in [0.3, 0.4) is 0 Å². The summed E-state index contributed by atoms with van der Waals surface area (Å²) in [5, 5.41) is 0. The minimum absolute atomic E-state index is 0.850. The molecular weight excluding hydrogens is 142 g/mol. The topological polar surface area (TPSA) is 12.4 Å². The molecular formula is C8H9NS. The lowest BCUT2D eigenvalue weighted by Gasteiger charge is -1.97. The van der Waals surface area contributed by atoms with Gasteiger partial charge in [-0.25, -0.2) is 0 Å². The van der Waals surface area contributed by atoms with Crippen molar-refractivity contribution in [2.75, 3.05) is 0 Å². The van der Waals surface area contributed by atoms with Gasteiger partial charge in [-0.2, -0.15) is 0 Å². The van der Waals surface area contributed by atoms with Crippen LogP contribution in [0.4, 0.5) is 5.69 Å². The van der Waals surface area contributed by atoms with Crippen LogP contribution in [-0.2, 0) is 0 Å². The van der Waals surface area contributed by atoms with Crippen LogP contribution in [0.1, 0.15) is 5.56 Å². The van der Waals surface area contributed by atoms with Crippen LogP contribution >= 0.6 is 12.6 Å². The van der Waals surface area contributed by atoms with Gasteiger partial charge in [0.1, 0.15) is 0 Å². The summed E-state index contributed by atoms with van der Waals surface area (Å²) in [4.78, 5) is 4.68. The zero-order chi connectivity index (χ0) is 7.56. The van der Waals surface area contributed by atoms with Crippen LogP contribution in [0.2, 0.25) is 0 Å². The van der Waals surface area contributed by atoms with Crippen molar-refractivity contribution in [3.63, 3.8) is 0 Å². The van der Waals surface area contributed by atoms with Gasteiger partial charge in [0.05, 0.1) is 5.69 Å². The van der Waals surface area contributed by atoms with Crippen molar-refractivity contribution in [3.8, 4) is 0 Å². The summed E-state index contributed by atoms with van der Waals surface area (Å²) in [5.41, 5.74) is 2.03. The van der Waals surface area contributed by atoms with E-state index in [1.54, 1.807) is 0 Å². The lowest BCUT2D eigenvalue weighted by molar-refractivity contribution is 1.34. The second-order valence-corrected chi connectivity index (χ2v) is 2.63. The Balaban J connectivity index is 3.21. The molecule has 0 heterocycles. The number of aryl methyl sites for hydroxylation is 1. The molecule has 1 aromatic rings. The third kappa shape index (κ3) is 1.39. The highest BCUT2D eigenvalue weighted by atomic mass is 32.1. The molecule has 0 radical (unpaired) electrons. The maximum atomic E-state index is 4.19. The second kappa shape index (κ2) is 2.88. The fourth-order valence-corrected chi connectivity index (χ4v) is 0.970. The zero-order valence-corrected chi connectivity index (χ0v) is 6.73. The number of nitrogens with zero attached hydrogens (tertiary/aromatic N) is 1. The van der Waals surface area contributed by atoms with E-state index < -0.39 is 0 Å². The first-order valence-electron chi connectivity index (χ1n) is 3.00. The van der Waals surface area contributed by atoms with Gasteiger partial charge in [0.2, 0.25) is 0 Å². The van der Waals surface area contributed by atoms with Crippen LogP contribution in [0, 0.1) is 6.92 Å². The first-order valence-corrected chi connectivity index (χ1v) is 3.45. The van der Waals surface area contributed by atoms with Gasteiger partial charge in [-0.3, -0.25) is 4.99 Å². The summed E-state index contributed by atoms with van der Waals surface area (Å²) in [7, 11) is 0. The number of benzene rings is 1. The van der Waals surface area contributed by atoms with Crippen molar-refractivity contribution >= 4 is 25.0 Å². The minimum atomic E-state index is 0.850. The predicted molar refractivity (Wildman–Crippen MR) is 47.6 cm³/mol. The van der Waals surface area contributed by atoms with E-state index in [0.29, 0.717) is 0 Å². The number of aliphatic imine (C=N–C) groups is 1. The van der Waals surface area contributed by atoms with Gasteiger partial charge >= 0.3 is 0 Å². The lowest BCUT2D eigenvalue weighted by Crippen LogP contribution is -1.72. The number of thiol groups is 1. The first-order chi connectivity index (χ1) is 4.74. The highest BCUT2D eigenvalue weighted by Gasteiger charge is 1.93. The third-order valence-electron chi connectivity index (χ3n) is 1.30. The number of rotatable bonds is 1. The molecule has 10 heavy (non-hydrogen) atoms. The summed E-state index contributed by atoms with van der Waals surface area (Å²) in [6.07, 6.45) is 0. The zero-order valence-electron chi connectivity index (χ0n) is 5.83. The maximum absolute atomic E-state index is 4.19. The van der Waals surface area contributed by atoms with Gasteiger partial charge < -0.3 is 0 Å². The summed E-state index contributed by atoms with van der Waals surface area (Å²) in [5.74, 6) is 0. The van der Waals surface area contributed by atoms with Crippen molar-refractivity contribution in [2.24, 2.45) is 4.99 Å². The first kappa shape index (κ1) is 7.35. The molecule has 0 N–H and O–H groups in total. The molecule has 0 atom stereocenters. The second-order valence-electron chi connectivity index (χ2n) is 2.15. The van der Waals surface area contributed by atoms with Crippen molar-refractivity contribution in [3.05, 3.63) is 23.8 Å². The molecule has 0 aliphatic carbocycles. The van der Waals surface area contributed by atoms with Crippen LogP contribution in [0.25, 0.3) is 0 Å². The largest absolute Gasteiger partial charge is 0.263 e. The highest BCUT2D eigenvalue weighted by Crippen LogP contribution is 2.22. The van der Waals surface area contributed by atoms with E-state index in [9.17, 15) is 0 Å². The molecule has 0 amide bonds. The fraction of sp³-hybridized carbons (Fsp3) is 0.125. The van der Waals surface area contributed by atoms with Crippen LogP contribution in [-0.4, -0.2) is 6.72 Å². The maximum Gasteiger partial charge on any atom is 0.0758 e. The fourth-order valence-electron chi connectivity index (χ4n) is 0.760. The summed E-state index contributed by atoms with van der Waals surface area (Å²) < 4.78 is 0. The summed E-state index contributed by atoms with van der Waals surface area (Å²) in [6.45, 7) is 5.45. The summed E-state index contributed by atoms with van der Waals surface area (Å²) in [6, 6.07) is 5.87. The smallest absolute Gasteiger partial charge is 0.0758 e. The minimum Gasteiger partial charge on any atom is -0.263 e. The Morgan fingerprint density at radius 2 is 2.20 bits per heavy atom. The van der Waals surface area contributed by atoms with Gasteiger partial charge in [-0.1, -0.05) is 6.07 Å². The predicted octanol–water partition coefficient (Wildman–Crippen LogP) is 2.62. The van der Waals surface area contributed by atoms with Gasteiger partial charge in [-0.15, -0.1) is 12.6 Å². The summed E-state index contributed by atoms with van der Waals surface area (Å²) >= 11 is 4.19. The van der Waals surface area contributed by atoms with E-state index in [-0.39, 0.29) is 0 Å². The van der Waals surface area contributed by atoms with E-state index in [1.165, 1.54) is 5.56 Å². The molecule has 0 spiro atoms. The third-order valence-corrected chi connectivity index (χ3v) is 1.68. The molecule has 0 aliphatic rings. The molecule has 2 heteroatoms. The molecule has 1 aromatic carbocycles. The molecule has 0 aromatic heterocycles. The molecule has 0 bridgehead atoms. The molecule has 0 fully saturated rings. The van der Waals surface area contributed by atoms with Gasteiger partial charge in [0, 0.05) is 4.90 Å². The number of hydrogen-bond donors (Lipinski definition) is 1. The quantitative estimate of drug-likeness (QED) is 0.468. The molecule has 0 aliphatic heterocycles. The van der Waals surface area contributed by atoms with E-state index in [0.717, 1.165) is 10.6 Å². The number of hydrogen-bond acceptors (Lipinski definition) is 2. The Bertz CT molecular complexity index is 255. The Labute approximate surface area is 66.2 Å². The van der Waals surface area contributed by atoms with Gasteiger partial charge in [-0.05, 0) is 31.3 Å². The molecule has 0 saturated carbocycles. The van der Waals surface area contributed by atoms with E-state index in [2.05, 4.69) is 24.3 Å². The van der Waals surface area contributed by atoms with Gasteiger partial charge in [0.15, 0.2) is 0 Å². The molecule has 1 nitrogen and oxygen atoms in total. The van der Waals surface area contributed by atoms with Crippen LogP contribution in [0.15, 0.2) is 28.1 Å². The van der Waals surface area contributed by atoms with Crippen LogP contribution < -0.4 is 0 Å². The molecule has 0 saturated heterocycles. The van der Waals surface area contributed by atoms with E-state index in [4.69, 9.17) is 0 Å². The van der Waals surface area contributed by atoms with Crippen molar-refractivity contribution in [1.82, 2.24) is 0 Å². The standard InChI is InChI=1S/C8H9NS/c1-6-3-4-8(10)7(5-6)9-2/h3-5,10H,2H2,1H3. The Morgan fingerprint density at radius 3 is 2.70 bits per heavy atom. The van der Waals surface area contributed by atoms with Crippen molar-refractivity contribution in [1.29, 1.82) is 0 Å². The van der Waals surface area contributed by atoms with Crippen LogP contribution in [0.5, 0.6) is 0 Å². The van der Waals surface area contributed by atoms with Gasteiger partial charge in [0.25, 0.3) is 0 Å². The monoisotopic (exact) mass is 151 g/mol. The normalized spacial score (nSPS) is 9.40. The average Bonchev–Trinajstić information content (AvgIpc) is 1.94. The molecule has 52 valence electrons. The average molecular weight is 151 g/mol. The van der Waals surface area contributed by atoms with E-state index >= 15 is 0 Å². The van der Waals surface area contributed by atoms with E-state index in [1.807, 2.05) is 25.1 Å². The SMILES string of the molecule is C=Nc1cc(C)ccc1S. The van der Waals surface area contributed by atoms with Crippen molar-refractivity contribution < 1.29 is 0 Å². The molecule has 0 unspecified atom stereocenters.